The quantitative estimate of drug-likeness (QED) is 0.676. The van der Waals surface area contributed by atoms with Crippen LogP contribution in [0.4, 0.5) is 0 Å². The summed E-state index contributed by atoms with van der Waals surface area (Å²) in [5, 5.41) is 3.50. The molecule has 3 nitrogen and oxygen atoms in total. The second-order valence-electron chi connectivity index (χ2n) is 11.9. The van der Waals surface area contributed by atoms with Crippen molar-refractivity contribution in [2.24, 2.45) is 16.7 Å². The van der Waals surface area contributed by atoms with E-state index in [-0.39, 0.29) is 0 Å². The van der Waals surface area contributed by atoms with Crippen LogP contribution in [-0.2, 0) is 10.2 Å². The first kappa shape index (κ1) is 21.5. The summed E-state index contributed by atoms with van der Waals surface area (Å²) in [4.78, 5) is 15.3. The second kappa shape index (κ2) is 8.54. The van der Waals surface area contributed by atoms with Gasteiger partial charge in [0.25, 0.3) is 0 Å². The van der Waals surface area contributed by atoms with Gasteiger partial charge in [-0.3, -0.25) is 4.79 Å². The molecule has 2 saturated carbocycles. The zero-order valence-corrected chi connectivity index (χ0v) is 19.6. The van der Waals surface area contributed by atoms with Crippen molar-refractivity contribution in [2.75, 3.05) is 26.2 Å². The van der Waals surface area contributed by atoms with Crippen molar-refractivity contribution in [1.29, 1.82) is 0 Å². The van der Waals surface area contributed by atoms with E-state index >= 15 is 0 Å². The van der Waals surface area contributed by atoms with E-state index < -0.39 is 0 Å². The fourth-order valence-corrected chi connectivity index (χ4v) is 8.05. The molecule has 3 atom stereocenters. The largest absolute Gasteiger partial charge is 0.343 e. The summed E-state index contributed by atoms with van der Waals surface area (Å²) in [6, 6.07) is 11.3. The first-order chi connectivity index (χ1) is 15.0. The van der Waals surface area contributed by atoms with E-state index in [9.17, 15) is 4.79 Å². The molecule has 5 rings (SSSR count). The maximum Gasteiger partial charge on any atom is 0.222 e. The number of likely N-dealkylation sites (tertiary alicyclic amines) is 1. The number of piperidine rings is 2. The Morgan fingerprint density at radius 3 is 2.48 bits per heavy atom. The van der Waals surface area contributed by atoms with Crippen LogP contribution in [0.3, 0.4) is 0 Å². The molecule has 1 amide bonds. The molecule has 2 aliphatic heterocycles. The van der Waals surface area contributed by atoms with Gasteiger partial charge in [-0.05, 0) is 105 Å². The summed E-state index contributed by atoms with van der Waals surface area (Å²) in [5.41, 5.74) is 2.90. The molecule has 1 unspecified atom stereocenters. The zero-order valence-electron chi connectivity index (χ0n) is 19.6. The Hall–Kier alpha value is -1.35. The summed E-state index contributed by atoms with van der Waals surface area (Å²) in [6.45, 7) is 6.85. The van der Waals surface area contributed by atoms with E-state index in [0.717, 1.165) is 39.0 Å². The van der Waals surface area contributed by atoms with Gasteiger partial charge in [-0.1, -0.05) is 43.7 Å². The molecular formula is C28H42N2O. The SMILES string of the molecule is C[C@@]12CCC[C@@](c3ccccc3)(CC(CCC(=O)N3CCC4(CCNCC4)CC3)C1)C2. The maximum atomic E-state index is 13.1. The number of carbonyl (C=O) groups is 1. The molecule has 1 aromatic carbocycles. The van der Waals surface area contributed by atoms with Crippen LogP contribution in [0, 0.1) is 16.7 Å². The van der Waals surface area contributed by atoms with Gasteiger partial charge in [0.1, 0.15) is 0 Å². The lowest BCUT2D eigenvalue weighted by Gasteiger charge is -2.54. The molecule has 3 heteroatoms. The fourth-order valence-electron chi connectivity index (χ4n) is 8.05. The Bertz CT molecular complexity index is 760. The predicted octanol–water partition coefficient (Wildman–Crippen LogP) is 5.69. The monoisotopic (exact) mass is 422 g/mol. The van der Waals surface area contributed by atoms with E-state index in [0.29, 0.717) is 28.1 Å². The molecule has 170 valence electrons. The van der Waals surface area contributed by atoms with Gasteiger partial charge in [0, 0.05) is 19.5 Å². The van der Waals surface area contributed by atoms with Gasteiger partial charge < -0.3 is 10.2 Å². The normalized spacial score (nSPS) is 35.1. The number of amides is 1. The molecule has 31 heavy (non-hydrogen) atoms. The Labute approximate surface area is 189 Å². The molecule has 4 aliphatic rings. The molecule has 1 N–H and O–H groups in total. The fraction of sp³-hybridized carbons (Fsp3) is 0.750. The van der Waals surface area contributed by atoms with Gasteiger partial charge in [0.05, 0.1) is 0 Å². The number of fused-ring (bicyclic) bond motifs is 2. The Morgan fingerprint density at radius 1 is 1.00 bits per heavy atom. The van der Waals surface area contributed by atoms with Crippen LogP contribution in [0.15, 0.2) is 30.3 Å². The summed E-state index contributed by atoms with van der Waals surface area (Å²) < 4.78 is 0. The Morgan fingerprint density at radius 2 is 1.74 bits per heavy atom. The smallest absolute Gasteiger partial charge is 0.222 e. The molecule has 2 aliphatic carbocycles. The second-order valence-corrected chi connectivity index (χ2v) is 11.9. The number of nitrogens with zero attached hydrogens (tertiary/aromatic N) is 1. The number of nitrogens with one attached hydrogen (secondary N) is 1. The van der Waals surface area contributed by atoms with Crippen LogP contribution >= 0.6 is 0 Å². The maximum absolute atomic E-state index is 13.1. The Kier molecular flexibility index (Phi) is 5.92. The van der Waals surface area contributed by atoms with Gasteiger partial charge in [0.15, 0.2) is 0 Å². The Balaban J connectivity index is 1.19. The number of hydrogen-bond donors (Lipinski definition) is 1. The average Bonchev–Trinajstić information content (AvgIpc) is 2.78. The average molecular weight is 423 g/mol. The molecule has 2 bridgehead atoms. The lowest BCUT2D eigenvalue weighted by molar-refractivity contribution is -0.134. The molecule has 1 aromatic rings. The van der Waals surface area contributed by atoms with Crippen molar-refractivity contribution in [3.63, 3.8) is 0 Å². The van der Waals surface area contributed by atoms with Gasteiger partial charge in [-0.25, -0.2) is 0 Å². The van der Waals surface area contributed by atoms with Crippen molar-refractivity contribution >= 4 is 5.91 Å². The number of carbonyl (C=O) groups excluding carboxylic acids is 1. The van der Waals surface area contributed by atoms with Crippen molar-refractivity contribution in [3.05, 3.63) is 35.9 Å². The van der Waals surface area contributed by atoms with Crippen LogP contribution in [0.1, 0.15) is 89.5 Å². The molecule has 0 aromatic heterocycles. The third-order valence-corrected chi connectivity index (χ3v) is 9.66. The van der Waals surface area contributed by atoms with Crippen molar-refractivity contribution < 1.29 is 4.79 Å². The minimum absolute atomic E-state index is 0.354. The van der Waals surface area contributed by atoms with Gasteiger partial charge in [-0.15, -0.1) is 0 Å². The van der Waals surface area contributed by atoms with E-state index in [1.807, 2.05) is 0 Å². The molecule has 1 spiro atoms. The highest BCUT2D eigenvalue weighted by molar-refractivity contribution is 5.76. The summed E-state index contributed by atoms with van der Waals surface area (Å²) in [7, 11) is 0. The van der Waals surface area contributed by atoms with Gasteiger partial charge in [-0.2, -0.15) is 0 Å². The molecule has 2 saturated heterocycles. The van der Waals surface area contributed by atoms with Crippen LogP contribution < -0.4 is 5.32 Å². The van der Waals surface area contributed by atoms with Crippen molar-refractivity contribution in [1.82, 2.24) is 10.2 Å². The lowest BCUT2D eigenvalue weighted by Crippen LogP contribution is -2.47. The highest BCUT2D eigenvalue weighted by Crippen LogP contribution is 2.58. The summed E-state index contributed by atoms with van der Waals surface area (Å²) in [6.07, 6.45) is 14.9. The molecule has 2 heterocycles. The number of rotatable bonds is 4. The minimum Gasteiger partial charge on any atom is -0.343 e. The molecule has 4 fully saturated rings. The minimum atomic E-state index is 0.354. The molecule has 0 radical (unpaired) electrons. The van der Waals surface area contributed by atoms with Gasteiger partial charge >= 0.3 is 0 Å². The first-order valence-corrected chi connectivity index (χ1v) is 13.0. The van der Waals surface area contributed by atoms with Crippen LogP contribution in [0.2, 0.25) is 0 Å². The van der Waals surface area contributed by atoms with Crippen molar-refractivity contribution in [3.8, 4) is 0 Å². The highest BCUT2D eigenvalue weighted by atomic mass is 16.2. The van der Waals surface area contributed by atoms with E-state index in [1.165, 1.54) is 64.2 Å². The van der Waals surface area contributed by atoms with E-state index in [2.05, 4.69) is 47.5 Å². The third kappa shape index (κ3) is 4.45. The number of hydrogen-bond acceptors (Lipinski definition) is 2. The van der Waals surface area contributed by atoms with Crippen LogP contribution in [0.5, 0.6) is 0 Å². The first-order valence-electron chi connectivity index (χ1n) is 13.0. The lowest BCUT2D eigenvalue weighted by atomic mass is 9.50. The van der Waals surface area contributed by atoms with Crippen LogP contribution in [-0.4, -0.2) is 37.0 Å². The molecular weight excluding hydrogens is 380 g/mol. The van der Waals surface area contributed by atoms with E-state index in [1.54, 1.807) is 5.56 Å². The highest BCUT2D eigenvalue weighted by Gasteiger charge is 2.49. The predicted molar refractivity (Wildman–Crippen MR) is 127 cm³/mol. The topological polar surface area (TPSA) is 32.3 Å². The zero-order chi connectivity index (χ0) is 21.4. The third-order valence-electron chi connectivity index (χ3n) is 9.66. The van der Waals surface area contributed by atoms with E-state index in [4.69, 9.17) is 0 Å². The van der Waals surface area contributed by atoms with Gasteiger partial charge in [0.2, 0.25) is 5.91 Å². The van der Waals surface area contributed by atoms with Crippen molar-refractivity contribution in [2.45, 2.75) is 89.4 Å². The number of benzene rings is 1. The summed E-state index contributed by atoms with van der Waals surface area (Å²) in [5.74, 6) is 1.13. The van der Waals surface area contributed by atoms with Crippen LogP contribution in [0.25, 0.3) is 0 Å². The summed E-state index contributed by atoms with van der Waals surface area (Å²) >= 11 is 0. The standard InChI is InChI=1S/C28H42N2O/c1-26-10-5-11-28(22-26,24-6-3-2-4-7-24)21-23(20-26)8-9-25(31)30-18-14-27(15-19-30)12-16-29-17-13-27/h2-4,6-7,23,29H,5,8-22H2,1H3/t23?,26-,28-/m1/s1.